The lowest BCUT2D eigenvalue weighted by Gasteiger charge is -2.32. The lowest BCUT2D eigenvalue weighted by Crippen LogP contribution is -2.52. The summed E-state index contributed by atoms with van der Waals surface area (Å²) in [5, 5.41) is 3.15. The molecule has 0 aliphatic heterocycles. The second kappa shape index (κ2) is 12.2. The van der Waals surface area contributed by atoms with Gasteiger partial charge in [0.05, 0.1) is 0 Å². The van der Waals surface area contributed by atoms with E-state index in [1.165, 1.54) is 18.6 Å². The zero-order chi connectivity index (χ0) is 22.9. The van der Waals surface area contributed by atoms with E-state index in [1.807, 2.05) is 31.2 Å². The normalized spacial score (nSPS) is 15.1. The quantitative estimate of drug-likeness (QED) is 0.443. The molecule has 32 heavy (non-hydrogen) atoms. The summed E-state index contributed by atoms with van der Waals surface area (Å²) in [7, 11) is 0. The third-order valence-corrected chi connectivity index (χ3v) is 6.50. The summed E-state index contributed by atoms with van der Waals surface area (Å²) in [6.45, 7) is 1.94. The van der Waals surface area contributed by atoms with Gasteiger partial charge < -0.3 is 15.0 Å². The van der Waals surface area contributed by atoms with Gasteiger partial charge in [-0.25, -0.2) is 4.39 Å². The zero-order valence-corrected chi connectivity index (χ0v) is 20.5. The highest BCUT2D eigenvalue weighted by Crippen LogP contribution is 2.20. The van der Waals surface area contributed by atoms with Gasteiger partial charge >= 0.3 is 0 Å². The van der Waals surface area contributed by atoms with Crippen LogP contribution in [0.3, 0.4) is 0 Å². The molecule has 0 bridgehead atoms. The maximum Gasteiger partial charge on any atom is 0.261 e. The fourth-order valence-corrected chi connectivity index (χ4v) is 4.37. The number of halogens is 2. The predicted molar refractivity (Wildman–Crippen MR) is 131 cm³/mol. The second-order valence-corrected chi connectivity index (χ2v) is 9.40. The minimum absolute atomic E-state index is 0.135. The van der Waals surface area contributed by atoms with Gasteiger partial charge in [-0.3, -0.25) is 9.59 Å². The predicted octanol–water partition coefficient (Wildman–Crippen LogP) is 5.07. The summed E-state index contributed by atoms with van der Waals surface area (Å²) >= 11 is 2.20. The summed E-state index contributed by atoms with van der Waals surface area (Å²) in [6.07, 6.45) is 5.87. The van der Waals surface area contributed by atoms with Crippen molar-refractivity contribution in [1.29, 1.82) is 0 Å². The molecule has 172 valence electrons. The molecular formula is C25H30FIN2O3. The number of nitrogens with one attached hydrogen (secondary N) is 1. The van der Waals surface area contributed by atoms with Crippen LogP contribution in [-0.2, 0) is 16.1 Å². The van der Waals surface area contributed by atoms with Gasteiger partial charge in [-0.2, -0.15) is 0 Å². The fourth-order valence-electron chi connectivity index (χ4n) is 4.01. The van der Waals surface area contributed by atoms with E-state index in [9.17, 15) is 14.0 Å². The van der Waals surface area contributed by atoms with Crippen molar-refractivity contribution in [1.82, 2.24) is 10.2 Å². The number of carbonyl (C=O) groups is 2. The van der Waals surface area contributed by atoms with E-state index in [-0.39, 0.29) is 36.8 Å². The van der Waals surface area contributed by atoms with Crippen molar-refractivity contribution >= 4 is 34.4 Å². The minimum Gasteiger partial charge on any atom is -0.484 e. The van der Waals surface area contributed by atoms with E-state index in [0.29, 0.717) is 12.2 Å². The zero-order valence-electron chi connectivity index (χ0n) is 18.4. The molecule has 1 fully saturated rings. The van der Waals surface area contributed by atoms with Gasteiger partial charge in [-0.1, -0.05) is 38.3 Å². The van der Waals surface area contributed by atoms with Crippen molar-refractivity contribution in [2.24, 2.45) is 0 Å². The number of hydrogen-bond acceptors (Lipinski definition) is 3. The molecule has 1 atom stereocenters. The number of amides is 2. The molecular weight excluding hydrogens is 522 g/mol. The Morgan fingerprint density at radius 2 is 1.75 bits per heavy atom. The molecule has 0 heterocycles. The van der Waals surface area contributed by atoms with Crippen LogP contribution in [0.1, 0.15) is 51.0 Å². The van der Waals surface area contributed by atoms with Crippen molar-refractivity contribution in [3.63, 3.8) is 0 Å². The molecule has 7 heteroatoms. The Balaban J connectivity index is 1.73. The molecule has 0 aromatic heterocycles. The first-order valence-corrected chi connectivity index (χ1v) is 12.3. The molecule has 0 saturated heterocycles. The van der Waals surface area contributed by atoms with Crippen LogP contribution >= 0.6 is 22.6 Å². The molecule has 5 nitrogen and oxygen atoms in total. The van der Waals surface area contributed by atoms with Crippen LogP contribution in [-0.4, -0.2) is 35.4 Å². The summed E-state index contributed by atoms with van der Waals surface area (Å²) in [5.41, 5.74) is 0.762. The standard InChI is InChI=1S/C25H30FIN2O3/c1-2-23(25(31)28-21-6-4-3-5-7-21)29(16-18-8-10-19(26)11-9-18)24(30)17-32-22-14-12-20(27)13-15-22/h8-15,21,23H,2-7,16-17H2,1H3,(H,28,31). The average molecular weight is 552 g/mol. The number of carbonyl (C=O) groups excluding carboxylic acids is 2. The highest BCUT2D eigenvalue weighted by Gasteiger charge is 2.30. The summed E-state index contributed by atoms with van der Waals surface area (Å²) < 4.78 is 20.1. The van der Waals surface area contributed by atoms with E-state index >= 15 is 0 Å². The maximum atomic E-state index is 13.4. The van der Waals surface area contributed by atoms with E-state index in [2.05, 4.69) is 27.9 Å². The van der Waals surface area contributed by atoms with E-state index < -0.39 is 6.04 Å². The van der Waals surface area contributed by atoms with Crippen molar-refractivity contribution in [2.75, 3.05) is 6.61 Å². The molecule has 1 aliphatic carbocycles. The van der Waals surface area contributed by atoms with Gasteiger partial charge in [0.25, 0.3) is 5.91 Å². The van der Waals surface area contributed by atoms with Crippen molar-refractivity contribution in [2.45, 2.75) is 64.1 Å². The van der Waals surface area contributed by atoms with Gasteiger partial charge in [0.1, 0.15) is 17.6 Å². The highest BCUT2D eigenvalue weighted by molar-refractivity contribution is 14.1. The lowest BCUT2D eigenvalue weighted by atomic mass is 9.95. The third kappa shape index (κ3) is 7.18. The SMILES string of the molecule is CCC(C(=O)NC1CCCCC1)N(Cc1ccc(F)cc1)C(=O)COc1ccc(I)cc1. The van der Waals surface area contributed by atoms with Crippen LogP contribution in [0.2, 0.25) is 0 Å². The molecule has 1 saturated carbocycles. The first-order valence-electron chi connectivity index (χ1n) is 11.2. The summed E-state index contributed by atoms with van der Waals surface area (Å²) in [5.74, 6) is -0.154. The Bertz CT molecular complexity index is 883. The van der Waals surface area contributed by atoms with E-state index in [0.717, 1.165) is 34.8 Å². The first kappa shape index (κ1) is 24.5. The van der Waals surface area contributed by atoms with Gasteiger partial charge in [-0.15, -0.1) is 0 Å². The van der Waals surface area contributed by atoms with Crippen LogP contribution in [0.25, 0.3) is 0 Å². The molecule has 0 radical (unpaired) electrons. The molecule has 1 unspecified atom stereocenters. The summed E-state index contributed by atoms with van der Waals surface area (Å²) in [4.78, 5) is 27.9. The van der Waals surface area contributed by atoms with E-state index in [1.54, 1.807) is 17.0 Å². The molecule has 2 amide bonds. The lowest BCUT2D eigenvalue weighted by molar-refractivity contribution is -0.143. The minimum atomic E-state index is -0.616. The molecule has 2 aromatic rings. The van der Waals surface area contributed by atoms with Gasteiger partial charge in [0.2, 0.25) is 5.91 Å². The number of hydrogen-bond donors (Lipinski definition) is 1. The second-order valence-electron chi connectivity index (χ2n) is 8.16. The molecule has 1 aliphatic rings. The summed E-state index contributed by atoms with van der Waals surface area (Å²) in [6, 6.07) is 13.0. The fraction of sp³-hybridized carbons (Fsp3) is 0.440. The van der Waals surface area contributed by atoms with Crippen LogP contribution in [0.15, 0.2) is 48.5 Å². The first-order chi connectivity index (χ1) is 15.5. The smallest absolute Gasteiger partial charge is 0.261 e. The average Bonchev–Trinajstić information content (AvgIpc) is 2.80. The third-order valence-electron chi connectivity index (χ3n) is 5.78. The largest absolute Gasteiger partial charge is 0.484 e. The Labute approximate surface area is 202 Å². The number of nitrogens with zero attached hydrogens (tertiary/aromatic N) is 1. The van der Waals surface area contributed by atoms with Crippen molar-refractivity contribution < 1.29 is 18.7 Å². The van der Waals surface area contributed by atoms with Crippen LogP contribution in [0.4, 0.5) is 4.39 Å². The van der Waals surface area contributed by atoms with Gasteiger partial charge in [0.15, 0.2) is 6.61 Å². The molecule has 1 N–H and O–H groups in total. The Morgan fingerprint density at radius 3 is 2.38 bits per heavy atom. The Kier molecular flexibility index (Phi) is 9.32. The van der Waals surface area contributed by atoms with Crippen LogP contribution in [0, 0.1) is 9.39 Å². The Hall–Kier alpha value is -2.16. The van der Waals surface area contributed by atoms with Gasteiger partial charge in [0, 0.05) is 16.2 Å². The van der Waals surface area contributed by atoms with Crippen LogP contribution < -0.4 is 10.1 Å². The topological polar surface area (TPSA) is 58.6 Å². The van der Waals surface area contributed by atoms with Crippen molar-refractivity contribution in [3.8, 4) is 5.75 Å². The van der Waals surface area contributed by atoms with E-state index in [4.69, 9.17) is 4.74 Å². The Morgan fingerprint density at radius 1 is 1.09 bits per heavy atom. The highest BCUT2D eigenvalue weighted by atomic mass is 127. The number of benzene rings is 2. The molecule has 2 aromatic carbocycles. The monoisotopic (exact) mass is 552 g/mol. The molecule has 3 rings (SSSR count). The number of ether oxygens (including phenoxy) is 1. The van der Waals surface area contributed by atoms with Gasteiger partial charge in [-0.05, 0) is 83.8 Å². The van der Waals surface area contributed by atoms with Crippen molar-refractivity contribution in [3.05, 3.63) is 63.5 Å². The molecule has 0 spiro atoms. The van der Waals surface area contributed by atoms with Crippen LogP contribution in [0.5, 0.6) is 5.75 Å². The maximum absolute atomic E-state index is 13.4. The number of rotatable bonds is 9.